The van der Waals surface area contributed by atoms with Gasteiger partial charge in [-0.1, -0.05) is 0 Å². The first-order valence-electron chi connectivity index (χ1n) is 16.4. The maximum absolute atomic E-state index is 16.4. The number of nitrogens with zero attached hydrogens (tertiary/aromatic N) is 3. The van der Waals surface area contributed by atoms with E-state index in [2.05, 4.69) is 10.1 Å². The summed E-state index contributed by atoms with van der Waals surface area (Å²) in [5, 5.41) is 9.15. The van der Waals surface area contributed by atoms with Crippen molar-refractivity contribution in [2.45, 2.75) is 115 Å². The van der Waals surface area contributed by atoms with Crippen molar-refractivity contribution in [2.24, 2.45) is 0 Å². The Bertz CT molecular complexity index is 1770. The highest BCUT2D eigenvalue weighted by Crippen LogP contribution is 2.50. The number of carbonyl (C=O) groups is 4. The number of aliphatic carboxylic acids is 1. The minimum atomic E-state index is -4.52. The number of hydrogen-bond donors (Lipinski definition) is 2. The molecule has 2 amide bonds. The third-order valence-corrected chi connectivity index (χ3v) is 10.4. The lowest BCUT2D eigenvalue weighted by Crippen LogP contribution is -2.45. The van der Waals surface area contributed by atoms with Gasteiger partial charge in [-0.25, -0.2) is 28.1 Å². The fourth-order valence-corrected chi connectivity index (χ4v) is 7.81. The summed E-state index contributed by atoms with van der Waals surface area (Å²) < 4.78 is 64.5. The van der Waals surface area contributed by atoms with E-state index in [0.717, 1.165) is 32.2 Å². The second-order valence-electron chi connectivity index (χ2n) is 14.9. The largest absolute Gasteiger partial charge is 0.509 e. The van der Waals surface area contributed by atoms with E-state index in [0.29, 0.717) is 4.90 Å². The fraction of sp³-hybridized carbons (Fsp3) is 0.576. The van der Waals surface area contributed by atoms with Crippen LogP contribution in [0.3, 0.4) is 0 Å². The summed E-state index contributed by atoms with van der Waals surface area (Å²) in [6.07, 6.45) is -6.37. The molecule has 1 fully saturated rings. The minimum Gasteiger partial charge on any atom is -0.480 e. The first-order chi connectivity index (χ1) is 24.7. The Morgan fingerprint density at radius 2 is 1.52 bits per heavy atom. The minimum absolute atomic E-state index is 0.0650. The number of carboxylic acid groups (broad SMARTS) is 1. The molecule has 300 valence electrons. The number of imide groups is 1. The molecule has 1 aromatic heterocycles. The number of anilines is 1. The predicted molar refractivity (Wildman–Crippen MR) is 203 cm³/mol. The van der Waals surface area contributed by atoms with E-state index in [-0.39, 0.29) is 5.75 Å². The topological polar surface area (TPSA) is 211 Å². The van der Waals surface area contributed by atoms with Gasteiger partial charge in [0, 0.05) is 9.77 Å². The molecular weight excluding hydrogens is 869 g/mol. The van der Waals surface area contributed by atoms with Crippen LogP contribution in [-0.4, -0.2) is 85.9 Å². The molecule has 1 aliphatic heterocycles. The number of halogens is 2. The van der Waals surface area contributed by atoms with E-state index in [9.17, 15) is 33.6 Å². The van der Waals surface area contributed by atoms with Gasteiger partial charge in [0.05, 0.1) is 11.9 Å². The van der Waals surface area contributed by atoms with Crippen molar-refractivity contribution in [3.8, 4) is 5.75 Å². The summed E-state index contributed by atoms with van der Waals surface area (Å²) in [5.41, 5.74) is -4.25. The number of hydrogen-bond acceptors (Lipinski definition) is 14. The zero-order valence-electron chi connectivity index (χ0n) is 31.4. The first kappa shape index (κ1) is 44.9. The van der Waals surface area contributed by atoms with Crippen LogP contribution in [0.4, 0.5) is 24.6 Å². The summed E-state index contributed by atoms with van der Waals surface area (Å²) in [7, 11) is -4.52. The molecule has 6 atom stereocenters. The lowest BCUT2D eigenvalue weighted by Gasteiger charge is -2.28. The Morgan fingerprint density at radius 3 is 2.00 bits per heavy atom. The van der Waals surface area contributed by atoms with Gasteiger partial charge in [0.1, 0.15) is 34.0 Å². The maximum atomic E-state index is 16.4. The van der Waals surface area contributed by atoms with Crippen LogP contribution in [-0.2, 0) is 32.8 Å². The molecule has 2 unspecified atom stereocenters. The van der Waals surface area contributed by atoms with E-state index >= 15 is 4.39 Å². The van der Waals surface area contributed by atoms with Gasteiger partial charge < -0.3 is 28.6 Å². The molecular formula is C33H45FIN4O13PS. The van der Waals surface area contributed by atoms with Crippen molar-refractivity contribution in [3.05, 3.63) is 50.6 Å². The predicted octanol–water partition coefficient (Wildman–Crippen LogP) is 7.06. The van der Waals surface area contributed by atoms with Crippen molar-refractivity contribution in [3.63, 3.8) is 0 Å². The second kappa shape index (κ2) is 17.6. The lowest BCUT2D eigenvalue weighted by atomic mass is 10.1. The monoisotopic (exact) mass is 914 g/mol. The molecule has 2 N–H and O–H groups in total. The van der Waals surface area contributed by atoms with Crippen LogP contribution in [0.1, 0.15) is 74.6 Å². The van der Waals surface area contributed by atoms with E-state index in [1.54, 1.807) is 74.4 Å². The van der Waals surface area contributed by atoms with Gasteiger partial charge in [0.2, 0.25) is 0 Å². The number of amides is 2. The van der Waals surface area contributed by atoms with Crippen molar-refractivity contribution >= 4 is 72.2 Å². The maximum Gasteiger partial charge on any atom is 0.509 e. The quantitative estimate of drug-likeness (QED) is 0.1000. The number of benzene rings is 1. The molecule has 0 aliphatic carbocycles. The Hall–Kier alpha value is -3.46. The summed E-state index contributed by atoms with van der Waals surface area (Å²) >= 11 is 2.79. The summed E-state index contributed by atoms with van der Waals surface area (Å²) in [5.74, 6) is -1.79. The molecule has 1 saturated heterocycles. The van der Waals surface area contributed by atoms with Crippen molar-refractivity contribution in [2.75, 3.05) is 11.5 Å². The molecule has 0 saturated carbocycles. The number of thioether (sulfide) groups is 1. The van der Waals surface area contributed by atoms with Crippen LogP contribution in [0.2, 0.25) is 0 Å². The van der Waals surface area contributed by atoms with E-state index in [1.165, 1.54) is 19.1 Å². The third-order valence-electron chi connectivity index (χ3n) is 6.53. The van der Waals surface area contributed by atoms with Crippen molar-refractivity contribution in [1.82, 2.24) is 14.6 Å². The van der Waals surface area contributed by atoms with Crippen LogP contribution < -0.4 is 20.2 Å². The second-order valence-corrected chi connectivity index (χ2v) is 19.2. The molecule has 2 aromatic rings. The molecule has 21 heteroatoms. The van der Waals surface area contributed by atoms with Crippen LogP contribution in [0, 0.1) is 3.57 Å². The smallest absolute Gasteiger partial charge is 0.480 e. The van der Waals surface area contributed by atoms with Crippen molar-refractivity contribution in [1.29, 1.82) is 0 Å². The van der Waals surface area contributed by atoms with E-state index in [4.69, 9.17) is 28.0 Å². The molecule has 0 spiro atoms. The zero-order valence-corrected chi connectivity index (χ0v) is 35.2. The standard InChI is InChI=1S/C33H45FIN4O13PS/c1-18(26(40)41)37-53(46,52-20-13-11-19(35)12-14-20)47-17-21-24(48-30(45)51-33(8,9)10)23(34)25(54-21)38-16-15-22(36-27(38)42)39(28(43)49-31(2,3)4)29(44)50-32(5,6)7/h11-16,18,21,23-25H,17H2,1-10H3,(H,37,46)(H,40,41)/t18?,21-,23+,24-,25-,53?/m1/s1. The first-order valence-corrected chi connectivity index (χ1v) is 20.0. The van der Waals surface area contributed by atoms with Crippen LogP contribution in [0.25, 0.3) is 0 Å². The lowest BCUT2D eigenvalue weighted by molar-refractivity contribution is -0.138. The van der Waals surface area contributed by atoms with Gasteiger partial charge in [-0.3, -0.25) is 13.9 Å². The Morgan fingerprint density at radius 1 is 0.981 bits per heavy atom. The number of nitrogens with one attached hydrogen (secondary N) is 1. The Labute approximate surface area is 329 Å². The Kier molecular flexibility index (Phi) is 14.6. The van der Waals surface area contributed by atoms with Crippen LogP contribution in [0.15, 0.2) is 41.3 Å². The molecule has 0 radical (unpaired) electrons. The van der Waals surface area contributed by atoms with Crippen LogP contribution >= 0.6 is 42.1 Å². The highest BCUT2D eigenvalue weighted by molar-refractivity contribution is 14.1. The van der Waals surface area contributed by atoms with Gasteiger partial charge >= 0.3 is 37.7 Å². The number of ether oxygens (including phenoxy) is 4. The summed E-state index contributed by atoms with van der Waals surface area (Å²) in [6, 6.07) is 5.92. The Balaban J connectivity index is 2.00. The molecule has 54 heavy (non-hydrogen) atoms. The van der Waals surface area contributed by atoms with Gasteiger partial charge in [0.25, 0.3) is 0 Å². The molecule has 3 rings (SSSR count). The normalized spacial score (nSPS) is 20.6. The molecule has 1 aromatic carbocycles. The highest BCUT2D eigenvalue weighted by atomic mass is 127. The SMILES string of the molecule is CC(NP(=O)(OC[C@H]1S[C@@H](n2ccc(N(C(=O)OC(C)(C)C)C(=O)OC(C)(C)C)nc2=O)[C@@H](F)[C@@H]1OC(=O)OC(C)(C)C)Oc1ccc(I)cc1)C(=O)O. The average molecular weight is 915 g/mol. The van der Waals surface area contributed by atoms with Crippen LogP contribution in [0.5, 0.6) is 5.75 Å². The summed E-state index contributed by atoms with van der Waals surface area (Å²) in [4.78, 5) is 68.4. The van der Waals surface area contributed by atoms with Gasteiger partial charge in [-0.05, 0) is 122 Å². The molecule has 17 nitrogen and oxygen atoms in total. The molecule has 0 bridgehead atoms. The van der Waals surface area contributed by atoms with Gasteiger partial charge in [-0.15, -0.1) is 11.8 Å². The molecule has 2 heterocycles. The van der Waals surface area contributed by atoms with E-state index in [1.807, 2.05) is 22.6 Å². The van der Waals surface area contributed by atoms with Gasteiger partial charge in [-0.2, -0.15) is 15.0 Å². The fourth-order valence-electron chi connectivity index (χ4n) is 4.36. The number of alkyl halides is 1. The number of rotatable bonds is 11. The third kappa shape index (κ3) is 13.4. The number of aromatic nitrogens is 2. The number of carboxylic acids is 1. The summed E-state index contributed by atoms with van der Waals surface area (Å²) in [6.45, 7) is 14.6. The highest BCUT2D eigenvalue weighted by Gasteiger charge is 2.50. The van der Waals surface area contributed by atoms with Gasteiger partial charge in [0.15, 0.2) is 18.1 Å². The van der Waals surface area contributed by atoms with E-state index < -0.39 is 95.9 Å². The average Bonchev–Trinajstić information content (AvgIpc) is 3.28. The van der Waals surface area contributed by atoms with Crippen molar-refractivity contribution < 1.29 is 61.2 Å². The number of carbonyl (C=O) groups excluding carboxylic acids is 3. The molecule has 1 aliphatic rings. The zero-order chi connectivity index (χ0) is 41.0.